The molecular weight excluding hydrogens is 304 g/mol. The molecule has 8 nitrogen and oxygen atoms in total. The molecule has 8 heteroatoms. The summed E-state index contributed by atoms with van der Waals surface area (Å²) in [6.45, 7) is 4.82. The number of ether oxygens (including phenoxy) is 3. The number of hydrogen-bond acceptors (Lipinski definition) is 6. The number of nitrogens with zero attached hydrogens (tertiary/aromatic N) is 1. The van der Waals surface area contributed by atoms with Crippen molar-refractivity contribution < 1.29 is 23.9 Å². The van der Waals surface area contributed by atoms with Crippen LogP contribution in [0.1, 0.15) is 24.2 Å². The molecule has 23 heavy (non-hydrogen) atoms. The number of carbonyl (C=O) groups excluding carboxylic acids is 1. The lowest BCUT2D eigenvalue weighted by molar-refractivity contribution is -0.385. The number of rotatable bonds is 9. The third kappa shape index (κ3) is 5.41. The fourth-order valence-corrected chi connectivity index (χ4v) is 1.78. The number of nitrogens with one attached hydrogen (secondary N) is 1. The van der Waals surface area contributed by atoms with Crippen molar-refractivity contribution in [2.24, 2.45) is 5.92 Å². The molecule has 0 aromatic heterocycles. The van der Waals surface area contributed by atoms with Gasteiger partial charge >= 0.3 is 0 Å². The van der Waals surface area contributed by atoms with Gasteiger partial charge in [-0.25, -0.2) is 0 Å². The average molecular weight is 326 g/mol. The average Bonchev–Trinajstić information content (AvgIpc) is 2.52. The minimum absolute atomic E-state index is 0.0633. The van der Waals surface area contributed by atoms with Crippen LogP contribution in [0.5, 0.6) is 11.5 Å². The molecule has 128 valence electrons. The lowest BCUT2D eigenvalue weighted by atomic mass is 10.1. The molecule has 1 aromatic carbocycles. The molecule has 0 fully saturated rings. The monoisotopic (exact) mass is 326 g/mol. The molecule has 0 saturated heterocycles. The Balaban J connectivity index is 3.13. The second-order valence-corrected chi connectivity index (χ2v) is 5.22. The molecule has 0 heterocycles. The zero-order valence-electron chi connectivity index (χ0n) is 13.8. The van der Waals surface area contributed by atoms with Crippen molar-refractivity contribution in [2.45, 2.75) is 13.8 Å². The van der Waals surface area contributed by atoms with Gasteiger partial charge < -0.3 is 19.5 Å². The summed E-state index contributed by atoms with van der Waals surface area (Å²) < 4.78 is 15.4. The highest BCUT2D eigenvalue weighted by atomic mass is 16.6. The zero-order chi connectivity index (χ0) is 17.4. The molecule has 0 aliphatic carbocycles. The maximum atomic E-state index is 12.2. The van der Waals surface area contributed by atoms with Crippen LogP contribution in [-0.4, -0.2) is 44.8 Å². The third-order valence-corrected chi connectivity index (χ3v) is 2.94. The molecule has 0 atom stereocenters. The van der Waals surface area contributed by atoms with Gasteiger partial charge in [0.05, 0.1) is 24.7 Å². The van der Waals surface area contributed by atoms with Gasteiger partial charge in [-0.1, -0.05) is 13.8 Å². The fourth-order valence-electron chi connectivity index (χ4n) is 1.78. The van der Waals surface area contributed by atoms with Crippen molar-refractivity contribution in [1.29, 1.82) is 0 Å². The molecule has 0 bridgehead atoms. The molecule has 1 amide bonds. The number of nitro groups is 1. The Morgan fingerprint density at radius 1 is 1.26 bits per heavy atom. The molecule has 0 saturated carbocycles. The normalized spacial score (nSPS) is 10.5. The molecule has 0 unspecified atom stereocenters. The lowest BCUT2D eigenvalue weighted by Gasteiger charge is -2.13. The molecule has 0 aliphatic rings. The van der Waals surface area contributed by atoms with Crippen LogP contribution in [0, 0.1) is 16.0 Å². The van der Waals surface area contributed by atoms with E-state index in [4.69, 9.17) is 14.2 Å². The maximum absolute atomic E-state index is 12.2. The van der Waals surface area contributed by atoms with Crippen molar-refractivity contribution in [3.05, 3.63) is 27.8 Å². The van der Waals surface area contributed by atoms with Crippen LogP contribution in [0.4, 0.5) is 5.69 Å². The Hall–Kier alpha value is -2.35. The molecule has 0 radical (unpaired) electrons. The van der Waals surface area contributed by atoms with Gasteiger partial charge in [-0.15, -0.1) is 0 Å². The summed E-state index contributed by atoms with van der Waals surface area (Å²) in [6.07, 6.45) is 0. The standard InChI is InChI=1S/C15H22N2O6/c1-10(2)9-16-15(18)11-7-13(22-4)14(23-6-5-21-3)8-12(11)17(19)20/h7-8,10H,5-6,9H2,1-4H3,(H,16,18). The van der Waals surface area contributed by atoms with E-state index in [0.717, 1.165) is 0 Å². The van der Waals surface area contributed by atoms with Gasteiger partial charge in [0.1, 0.15) is 12.2 Å². The molecular formula is C15H22N2O6. The Kier molecular flexibility index (Phi) is 7.27. The number of carbonyl (C=O) groups is 1. The largest absolute Gasteiger partial charge is 0.493 e. The van der Waals surface area contributed by atoms with Crippen molar-refractivity contribution in [3.63, 3.8) is 0 Å². The summed E-state index contributed by atoms with van der Waals surface area (Å²) in [6, 6.07) is 2.51. The summed E-state index contributed by atoms with van der Waals surface area (Å²) in [5.41, 5.74) is -0.397. The van der Waals surface area contributed by atoms with Gasteiger partial charge in [-0.2, -0.15) is 0 Å². The van der Waals surface area contributed by atoms with Gasteiger partial charge in [0.15, 0.2) is 11.5 Å². The molecule has 1 N–H and O–H groups in total. The van der Waals surface area contributed by atoms with E-state index in [0.29, 0.717) is 13.2 Å². The Bertz CT molecular complexity index is 559. The van der Waals surface area contributed by atoms with Crippen LogP contribution in [0.15, 0.2) is 12.1 Å². The summed E-state index contributed by atoms with van der Waals surface area (Å²) in [7, 11) is 2.92. The van der Waals surface area contributed by atoms with Crippen molar-refractivity contribution in [1.82, 2.24) is 5.32 Å². The van der Waals surface area contributed by atoms with E-state index in [2.05, 4.69) is 5.32 Å². The van der Waals surface area contributed by atoms with Crippen molar-refractivity contribution in [3.8, 4) is 11.5 Å². The van der Waals surface area contributed by atoms with E-state index in [1.807, 2.05) is 13.8 Å². The van der Waals surface area contributed by atoms with E-state index in [9.17, 15) is 14.9 Å². The smallest absolute Gasteiger partial charge is 0.286 e. The van der Waals surface area contributed by atoms with Gasteiger partial charge in [-0.05, 0) is 5.92 Å². The zero-order valence-corrected chi connectivity index (χ0v) is 13.8. The first-order valence-electron chi connectivity index (χ1n) is 7.17. The van der Waals surface area contributed by atoms with Crippen LogP contribution in [0.2, 0.25) is 0 Å². The van der Waals surface area contributed by atoms with Crippen LogP contribution < -0.4 is 14.8 Å². The van der Waals surface area contributed by atoms with E-state index in [1.165, 1.54) is 26.4 Å². The maximum Gasteiger partial charge on any atom is 0.286 e. The highest BCUT2D eigenvalue weighted by Gasteiger charge is 2.24. The number of methoxy groups -OCH3 is 2. The van der Waals surface area contributed by atoms with Crippen LogP contribution in [0.25, 0.3) is 0 Å². The summed E-state index contributed by atoms with van der Waals surface area (Å²) in [5, 5.41) is 13.9. The SMILES string of the molecule is COCCOc1cc([N+](=O)[O-])c(C(=O)NCC(C)C)cc1OC. The van der Waals surface area contributed by atoms with Crippen LogP contribution in [-0.2, 0) is 4.74 Å². The quantitative estimate of drug-likeness (QED) is 0.423. The number of amides is 1. The topological polar surface area (TPSA) is 99.9 Å². The van der Waals surface area contributed by atoms with E-state index in [-0.39, 0.29) is 35.3 Å². The summed E-state index contributed by atoms with van der Waals surface area (Å²) in [5.74, 6) is 0.154. The molecule has 0 aliphatic heterocycles. The van der Waals surface area contributed by atoms with Gasteiger partial charge in [0.2, 0.25) is 0 Å². The van der Waals surface area contributed by atoms with Crippen molar-refractivity contribution >= 4 is 11.6 Å². The van der Waals surface area contributed by atoms with Gasteiger partial charge in [0, 0.05) is 19.7 Å². The Morgan fingerprint density at radius 2 is 1.96 bits per heavy atom. The minimum atomic E-state index is -0.618. The minimum Gasteiger partial charge on any atom is -0.493 e. The summed E-state index contributed by atoms with van der Waals surface area (Å²) >= 11 is 0. The second-order valence-electron chi connectivity index (χ2n) is 5.22. The number of hydrogen-bond donors (Lipinski definition) is 1. The first kappa shape index (κ1) is 18.7. The number of benzene rings is 1. The Morgan fingerprint density at radius 3 is 2.48 bits per heavy atom. The first-order chi connectivity index (χ1) is 10.9. The number of nitro benzene ring substituents is 1. The lowest BCUT2D eigenvalue weighted by Crippen LogP contribution is -2.28. The van der Waals surface area contributed by atoms with Gasteiger partial charge in [-0.3, -0.25) is 14.9 Å². The summed E-state index contributed by atoms with van der Waals surface area (Å²) in [4.78, 5) is 22.8. The fraction of sp³-hybridized carbons (Fsp3) is 0.533. The van der Waals surface area contributed by atoms with Crippen LogP contribution >= 0.6 is 0 Å². The van der Waals surface area contributed by atoms with E-state index >= 15 is 0 Å². The van der Waals surface area contributed by atoms with E-state index < -0.39 is 10.8 Å². The third-order valence-electron chi connectivity index (χ3n) is 2.94. The Labute approximate surface area is 134 Å². The molecule has 0 spiro atoms. The van der Waals surface area contributed by atoms with Crippen molar-refractivity contribution in [2.75, 3.05) is 34.0 Å². The predicted molar refractivity (Wildman–Crippen MR) is 84.2 cm³/mol. The first-order valence-corrected chi connectivity index (χ1v) is 7.17. The molecule has 1 rings (SSSR count). The second kappa shape index (κ2) is 8.94. The highest BCUT2D eigenvalue weighted by Crippen LogP contribution is 2.34. The van der Waals surface area contributed by atoms with Gasteiger partial charge in [0.25, 0.3) is 11.6 Å². The predicted octanol–water partition coefficient (Wildman–Crippen LogP) is 2.01. The van der Waals surface area contributed by atoms with Crippen LogP contribution in [0.3, 0.4) is 0 Å². The van der Waals surface area contributed by atoms with E-state index in [1.54, 1.807) is 0 Å². The highest BCUT2D eigenvalue weighted by molar-refractivity contribution is 5.99. The molecule has 1 aromatic rings.